The van der Waals surface area contributed by atoms with Gasteiger partial charge in [-0.25, -0.2) is 0 Å². The van der Waals surface area contributed by atoms with Gasteiger partial charge in [0, 0.05) is 19.6 Å². The third-order valence-corrected chi connectivity index (χ3v) is 4.40. The fraction of sp³-hybridized carbons (Fsp3) is 0.500. The van der Waals surface area contributed by atoms with Gasteiger partial charge in [0.05, 0.1) is 24.5 Å². The molecule has 1 aliphatic carbocycles. The second-order valence-corrected chi connectivity index (χ2v) is 6.11. The van der Waals surface area contributed by atoms with Gasteiger partial charge >= 0.3 is 0 Å². The molecule has 1 aromatic carbocycles. The predicted molar refractivity (Wildman–Crippen MR) is 84.6 cm³/mol. The monoisotopic (exact) mass is 299 g/mol. The highest BCUT2D eigenvalue weighted by atomic mass is 16.5. The van der Waals surface area contributed by atoms with Gasteiger partial charge in [-0.1, -0.05) is 17.3 Å². The van der Waals surface area contributed by atoms with Crippen molar-refractivity contribution in [2.24, 2.45) is 11.7 Å². The van der Waals surface area contributed by atoms with Crippen molar-refractivity contribution >= 4 is 11.4 Å². The van der Waals surface area contributed by atoms with Gasteiger partial charge < -0.3 is 20.1 Å². The molecule has 0 saturated heterocycles. The van der Waals surface area contributed by atoms with Crippen LogP contribution >= 0.6 is 0 Å². The Hall–Kier alpha value is -2.08. The van der Waals surface area contributed by atoms with Crippen LogP contribution in [0.15, 0.2) is 28.8 Å². The number of hydrogen-bond acceptors (Lipinski definition) is 6. The van der Waals surface area contributed by atoms with E-state index in [2.05, 4.69) is 44.2 Å². The number of anilines is 2. The lowest BCUT2D eigenvalue weighted by atomic mass is 10.1. The number of para-hydroxylation sites is 2. The summed E-state index contributed by atoms with van der Waals surface area (Å²) in [5, 5.41) is 4.01. The molecule has 6 heteroatoms. The first-order valence-electron chi connectivity index (χ1n) is 7.94. The van der Waals surface area contributed by atoms with Crippen molar-refractivity contribution in [2.75, 3.05) is 29.4 Å². The lowest BCUT2D eigenvalue weighted by Crippen LogP contribution is -2.41. The Bertz CT molecular complexity index is 651. The summed E-state index contributed by atoms with van der Waals surface area (Å²) in [7, 11) is 0. The van der Waals surface area contributed by atoms with E-state index in [-0.39, 0.29) is 0 Å². The first-order valence-corrected chi connectivity index (χ1v) is 7.94. The minimum Gasteiger partial charge on any atom is -0.368 e. The first kappa shape index (κ1) is 13.6. The zero-order valence-corrected chi connectivity index (χ0v) is 12.6. The standard InChI is InChI=1S/C16H21N5O/c17-9-16-18-15(19-22-16)11-21-8-7-20(10-12-5-6-12)13-3-1-2-4-14(13)21/h1-4,12H,5-11,17H2. The second-order valence-electron chi connectivity index (χ2n) is 6.11. The summed E-state index contributed by atoms with van der Waals surface area (Å²) >= 11 is 0. The molecular formula is C16H21N5O. The fourth-order valence-corrected chi connectivity index (χ4v) is 3.06. The van der Waals surface area contributed by atoms with Crippen LogP contribution in [0.1, 0.15) is 24.6 Å². The lowest BCUT2D eigenvalue weighted by molar-refractivity contribution is 0.374. The SMILES string of the molecule is NCc1nc(CN2CCN(CC3CC3)c3ccccc32)no1. The Labute approximate surface area is 129 Å². The summed E-state index contributed by atoms with van der Waals surface area (Å²) in [6.07, 6.45) is 2.76. The molecule has 1 aliphatic heterocycles. The molecule has 0 radical (unpaired) electrons. The molecule has 1 saturated carbocycles. The third kappa shape index (κ3) is 2.66. The largest absolute Gasteiger partial charge is 0.368 e. The Morgan fingerprint density at radius 1 is 1.14 bits per heavy atom. The molecule has 6 nitrogen and oxygen atoms in total. The van der Waals surface area contributed by atoms with E-state index >= 15 is 0 Å². The Morgan fingerprint density at radius 3 is 2.55 bits per heavy atom. The zero-order valence-electron chi connectivity index (χ0n) is 12.6. The van der Waals surface area contributed by atoms with Crippen molar-refractivity contribution in [3.63, 3.8) is 0 Å². The number of benzene rings is 1. The van der Waals surface area contributed by atoms with Gasteiger partial charge in [-0.2, -0.15) is 4.98 Å². The van der Waals surface area contributed by atoms with Crippen molar-refractivity contribution in [2.45, 2.75) is 25.9 Å². The fourth-order valence-electron chi connectivity index (χ4n) is 3.06. The van der Waals surface area contributed by atoms with Crippen LogP contribution in [0.5, 0.6) is 0 Å². The Morgan fingerprint density at radius 2 is 1.86 bits per heavy atom. The average Bonchev–Trinajstić information content (AvgIpc) is 3.26. The average molecular weight is 299 g/mol. The molecule has 1 fully saturated rings. The molecule has 1 aromatic heterocycles. The molecule has 2 heterocycles. The molecule has 0 unspecified atom stereocenters. The van der Waals surface area contributed by atoms with E-state index in [1.807, 2.05) is 0 Å². The van der Waals surface area contributed by atoms with E-state index in [1.165, 1.54) is 30.8 Å². The molecule has 2 aliphatic rings. The normalized spacial score (nSPS) is 17.7. The van der Waals surface area contributed by atoms with E-state index < -0.39 is 0 Å². The molecule has 116 valence electrons. The third-order valence-electron chi connectivity index (χ3n) is 4.40. The minimum absolute atomic E-state index is 0.290. The Balaban J connectivity index is 1.55. The van der Waals surface area contributed by atoms with Gasteiger partial charge in [0.2, 0.25) is 5.89 Å². The van der Waals surface area contributed by atoms with Crippen LogP contribution in [0, 0.1) is 5.92 Å². The molecule has 4 rings (SSSR count). The van der Waals surface area contributed by atoms with E-state index in [0.29, 0.717) is 24.8 Å². The highest BCUT2D eigenvalue weighted by Gasteiger charge is 2.29. The van der Waals surface area contributed by atoms with Gasteiger partial charge in [-0.05, 0) is 30.9 Å². The lowest BCUT2D eigenvalue weighted by Gasteiger charge is -2.38. The van der Waals surface area contributed by atoms with E-state index in [0.717, 1.165) is 19.0 Å². The van der Waals surface area contributed by atoms with Gasteiger partial charge in [-0.15, -0.1) is 0 Å². The topological polar surface area (TPSA) is 71.4 Å². The highest BCUT2D eigenvalue weighted by Crippen LogP contribution is 2.37. The van der Waals surface area contributed by atoms with Crippen LogP contribution in [-0.4, -0.2) is 29.8 Å². The van der Waals surface area contributed by atoms with Gasteiger partial charge in [0.25, 0.3) is 0 Å². The maximum absolute atomic E-state index is 5.53. The summed E-state index contributed by atoms with van der Waals surface area (Å²) in [5.41, 5.74) is 8.11. The maximum atomic E-state index is 5.53. The number of nitrogens with zero attached hydrogens (tertiary/aromatic N) is 4. The quantitative estimate of drug-likeness (QED) is 0.907. The molecule has 0 amide bonds. The zero-order chi connectivity index (χ0) is 14.9. The minimum atomic E-state index is 0.290. The molecule has 0 atom stereocenters. The summed E-state index contributed by atoms with van der Waals surface area (Å²) in [6, 6.07) is 8.60. The summed E-state index contributed by atoms with van der Waals surface area (Å²) in [5.74, 6) is 2.09. The predicted octanol–water partition coefficient (Wildman–Crippen LogP) is 1.76. The van der Waals surface area contributed by atoms with Gasteiger partial charge in [0.1, 0.15) is 0 Å². The van der Waals surface area contributed by atoms with E-state index in [1.54, 1.807) is 0 Å². The molecule has 0 spiro atoms. The maximum Gasteiger partial charge on any atom is 0.240 e. The number of rotatable bonds is 5. The van der Waals surface area contributed by atoms with Crippen molar-refractivity contribution in [3.05, 3.63) is 36.0 Å². The molecule has 0 bridgehead atoms. The molecule has 2 aromatic rings. The van der Waals surface area contributed by atoms with E-state index in [9.17, 15) is 0 Å². The van der Waals surface area contributed by atoms with Crippen LogP contribution in [0.2, 0.25) is 0 Å². The first-order chi connectivity index (χ1) is 10.8. The number of nitrogens with two attached hydrogens (primary N) is 1. The van der Waals surface area contributed by atoms with Crippen LogP contribution in [0.4, 0.5) is 11.4 Å². The highest BCUT2D eigenvalue weighted by molar-refractivity contribution is 5.73. The van der Waals surface area contributed by atoms with Crippen LogP contribution in [0.3, 0.4) is 0 Å². The van der Waals surface area contributed by atoms with Gasteiger partial charge in [0.15, 0.2) is 5.82 Å². The van der Waals surface area contributed by atoms with Gasteiger partial charge in [-0.3, -0.25) is 0 Å². The molecule has 22 heavy (non-hydrogen) atoms. The van der Waals surface area contributed by atoms with E-state index in [4.69, 9.17) is 10.3 Å². The van der Waals surface area contributed by atoms with Crippen LogP contribution in [-0.2, 0) is 13.1 Å². The van der Waals surface area contributed by atoms with Crippen LogP contribution in [0.25, 0.3) is 0 Å². The molecule has 2 N–H and O–H groups in total. The van der Waals surface area contributed by atoms with Crippen LogP contribution < -0.4 is 15.5 Å². The Kier molecular flexibility index (Phi) is 3.46. The number of aromatic nitrogens is 2. The van der Waals surface area contributed by atoms with Crippen molar-refractivity contribution in [3.8, 4) is 0 Å². The summed E-state index contributed by atoms with van der Waals surface area (Å²) < 4.78 is 5.10. The van der Waals surface area contributed by atoms with Crippen molar-refractivity contribution < 1.29 is 4.52 Å². The number of hydrogen-bond donors (Lipinski definition) is 1. The number of fused-ring (bicyclic) bond motifs is 1. The van der Waals surface area contributed by atoms with Crippen molar-refractivity contribution in [1.82, 2.24) is 10.1 Å². The molecular weight excluding hydrogens is 278 g/mol. The second kappa shape index (κ2) is 5.61. The van der Waals surface area contributed by atoms with Crippen molar-refractivity contribution in [1.29, 1.82) is 0 Å². The smallest absolute Gasteiger partial charge is 0.240 e. The summed E-state index contributed by atoms with van der Waals surface area (Å²) in [4.78, 5) is 9.16. The summed E-state index contributed by atoms with van der Waals surface area (Å²) in [6.45, 7) is 4.17.